The molecular weight excluding hydrogens is 290 g/mol. The van der Waals surface area contributed by atoms with Gasteiger partial charge in [-0.05, 0) is 25.0 Å². The molecule has 0 aliphatic heterocycles. The molecule has 0 saturated carbocycles. The highest BCUT2D eigenvalue weighted by molar-refractivity contribution is 6.35. The molecule has 0 saturated heterocycles. The maximum Gasteiger partial charge on any atom is 0.231 e. The van der Waals surface area contributed by atoms with E-state index in [2.05, 4.69) is 5.32 Å². The molecule has 0 aromatic heterocycles. The highest BCUT2D eigenvalue weighted by Crippen LogP contribution is 2.30. The summed E-state index contributed by atoms with van der Waals surface area (Å²) in [5, 5.41) is 2.43. The molecule has 6 heteroatoms. The first-order valence-corrected chi connectivity index (χ1v) is 6.81. The van der Waals surface area contributed by atoms with E-state index in [1.54, 1.807) is 0 Å². The molecule has 106 valence electrons. The summed E-state index contributed by atoms with van der Waals surface area (Å²) in [6.45, 7) is 4.05. The molecule has 19 heavy (non-hydrogen) atoms. The van der Waals surface area contributed by atoms with Gasteiger partial charge in [-0.3, -0.25) is 4.79 Å². The Morgan fingerprint density at radius 1 is 1.32 bits per heavy atom. The molecule has 0 unspecified atom stereocenters. The molecule has 0 radical (unpaired) electrons. The average Bonchev–Trinajstić information content (AvgIpc) is 2.38. The van der Waals surface area contributed by atoms with E-state index < -0.39 is 11.2 Å². The van der Waals surface area contributed by atoms with Gasteiger partial charge in [0.25, 0.3) is 0 Å². The lowest BCUT2D eigenvalue weighted by Gasteiger charge is -2.28. The summed E-state index contributed by atoms with van der Waals surface area (Å²) in [5.41, 5.74) is 5.42. The number of hydrogen-bond donors (Lipinski definition) is 2. The van der Waals surface area contributed by atoms with Crippen molar-refractivity contribution in [3.8, 4) is 0 Å². The average molecular weight is 307 g/mol. The third-order valence-electron chi connectivity index (χ3n) is 3.47. The van der Waals surface area contributed by atoms with E-state index in [9.17, 15) is 9.18 Å². The third kappa shape index (κ3) is 3.38. The summed E-state index contributed by atoms with van der Waals surface area (Å²) in [5.74, 6) is -0.906. The summed E-state index contributed by atoms with van der Waals surface area (Å²) in [7, 11) is 0. The largest absolute Gasteiger partial charge is 0.329 e. The smallest absolute Gasteiger partial charge is 0.231 e. The summed E-state index contributed by atoms with van der Waals surface area (Å²) in [6, 6.07) is 2.65. The Labute approximate surface area is 122 Å². The van der Waals surface area contributed by atoms with Crippen LogP contribution in [0, 0.1) is 11.2 Å². The second kappa shape index (κ2) is 6.55. The van der Waals surface area contributed by atoms with Crippen molar-refractivity contribution in [2.24, 2.45) is 11.1 Å². The van der Waals surface area contributed by atoms with Crippen LogP contribution in [-0.4, -0.2) is 12.5 Å². The fraction of sp³-hybridized carbons (Fsp3) is 0.462. The molecule has 3 N–H and O–H groups in total. The molecule has 1 aromatic rings. The lowest BCUT2D eigenvalue weighted by atomic mass is 9.81. The maximum atomic E-state index is 13.3. The maximum absolute atomic E-state index is 13.3. The van der Waals surface area contributed by atoms with E-state index in [-0.39, 0.29) is 22.5 Å². The summed E-state index contributed by atoms with van der Waals surface area (Å²) >= 11 is 11.4. The van der Waals surface area contributed by atoms with Crippen molar-refractivity contribution >= 4 is 34.8 Å². The predicted octanol–water partition coefficient (Wildman–Crippen LogP) is 3.84. The first-order chi connectivity index (χ1) is 8.90. The number of nitrogens with two attached hydrogens (primary N) is 1. The van der Waals surface area contributed by atoms with Crippen LogP contribution in [0.15, 0.2) is 12.1 Å². The van der Waals surface area contributed by atoms with Crippen LogP contribution >= 0.6 is 23.2 Å². The minimum atomic E-state index is -0.697. The number of rotatable bonds is 5. The van der Waals surface area contributed by atoms with Gasteiger partial charge in [-0.15, -0.1) is 0 Å². The van der Waals surface area contributed by atoms with E-state index in [0.717, 1.165) is 0 Å². The number of amides is 1. The second-order valence-electron chi connectivity index (χ2n) is 4.40. The normalized spacial score (nSPS) is 11.5. The highest BCUT2D eigenvalue weighted by atomic mass is 35.5. The van der Waals surface area contributed by atoms with Crippen molar-refractivity contribution in [3.63, 3.8) is 0 Å². The standard InChI is InChI=1S/C13H17Cl2FN2O/c1-3-13(4-2,7-17)12(19)18-8-5-9(14)11(16)10(15)6-8/h5-6H,3-4,7,17H2,1-2H3,(H,18,19). The Morgan fingerprint density at radius 3 is 2.16 bits per heavy atom. The van der Waals surface area contributed by atoms with Gasteiger partial charge in [-0.2, -0.15) is 0 Å². The zero-order chi connectivity index (χ0) is 14.6. The van der Waals surface area contributed by atoms with E-state index in [0.29, 0.717) is 18.5 Å². The van der Waals surface area contributed by atoms with Crippen molar-refractivity contribution in [2.75, 3.05) is 11.9 Å². The van der Waals surface area contributed by atoms with Gasteiger partial charge in [0.1, 0.15) is 0 Å². The number of anilines is 1. The van der Waals surface area contributed by atoms with Gasteiger partial charge in [-0.1, -0.05) is 37.0 Å². The van der Waals surface area contributed by atoms with Gasteiger partial charge >= 0.3 is 0 Å². The molecule has 3 nitrogen and oxygen atoms in total. The number of nitrogens with one attached hydrogen (secondary N) is 1. The van der Waals surface area contributed by atoms with E-state index in [4.69, 9.17) is 28.9 Å². The number of hydrogen-bond acceptors (Lipinski definition) is 2. The van der Waals surface area contributed by atoms with Gasteiger partial charge in [0.15, 0.2) is 5.82 Å². The molecule has 0 spiro atoms. The highest BCUT2D eigenvalue weighted by Gasteiger charge is 2.33. The van der Waals surface area contributed by atoms with Crippen molar-refractivity contribution in [1.29, 1.82) is 0 Å². The van der Waals surface area contributed by atoms with Crippen LogP contribution < -0.4 is 11.1 Å². The molecule has 0 aliphatic rings. The predicted molar refractivity (Wildman–Crippen MR) is 77.1 cm³/mol. The van der Waals surface area contributed by atoms with Gasteiger partial charge in [-0.25, -0.2) is 4.39 Å². The minimum Gasteiger partial charge on any atom is -0.329 e. The Balaban J connectivity index is 2.99. The Kier molecular flexibility index (Phi) is 5.59. The third-order valence-corrected chi connectivity index (χ3v) is 4.02. The summed E-state index contributed by atoms with van der Waals surface area (Å²) < 4.78 is 13.3. The summed E-state index contributed by atoms with van der Waals surface area (Å²) in [6.07, 6.45) is 1.24. The molecule has 0 fully saturated rings. The van der Waals surface area contributed by atoms with Gasteiger partial charge in [0.2, 0.25) is 5.91 Å². The van der Waals surface area contributed by atoms with Gasteiger partial charge < -0.3 is 11.1 Å². The number of benzene rings is 1. The van der Waals surface area contributed by atoms with Crippen LogP contribution in [0.3, 0.4) is 0 Å². The Bertz CT molecular complexity index is 444. The molecular formula is C13H17Cl2FN2O. The fourth-order valence-corrected chi connectivity index (χ4v) is 2.33. The monoisotopic (exact) mass is 306 g/mol. The van der Waals surface area contributed by atoms with Crippen molar-refractivity contribution in [3.05, 3.63) is 28.0 Å². The molecule has 0 heterocycles. The fourth-order valence-electron chi connectivity index (χ4n) is 1.84. The quantitative estimate of drug-likeness (QED) is 0.812. The molecule has 0 aliphatic carbocycles. The molecule has 1 amide bonds. The van der Waals surface area contributed by atoms with Crippen LogP contribution in [-0.2, 0) is 4.79 Å². The first kappa shape index (κ1) is 16.2. The Morgan fingerprint density at radius 2 is 1.79 bits per heavy atom. The van der Waals surface area contributed by atoms with Crippen molar-refractivity contribution in [2.45, 2.75) is 26.7 Å². The Hall–Kier alpha value is -0.840. The SMILES string of the molecule is CCC(CC)(CN)C(=O)Nc1cc(Cl)c(F)c(Cl)c1. The lowest BCUT2D eigenvalue weighted by molar-refractivity contribution is -0.125. The van der Waals surface area contributed by atoms with Crippen LogP contribution in [0.25, 0.3) is 0 Å². The molecule has 1 rings (SSSR count). The first-order valence-electron chi connectivity index (χ1n) is 6.06. The number of carbonyl (C=O) groups is 1. The van der Waals surface area contributed by atoms with Gasteiger partial charge in [0.05, 0.1) is 15.5 Å². The van der Waals surface area contributed by atoms with Crippen LogP contribution in [0.4, 0.5) is 10.1 Å². The molecule has 0 bridgehead atoms. The minimum absolute atomic E-state index is 0.130. The topological polar surface area (TPSA) is 55.1 Å². The van der Waals surface area contributed by atoms with Crippen LogP contribution in [0.1, 0.15) is 26.7 Å². The second-order valence-corrected chi connectivity index (χ2v) is 5.21. The van der Waals surface area contributed by atoms with Crippen LogP contribution in [0.5, 0.6) is 0 Å². The van der Waals surface area contributed by atoms with Gasteiger partial charge in [0, 0.05) is 12.2 Å². The van der Waals surface area contributed by atoms with E-state index in [1.165, 1.54) is 12.1 Å². The summed E-state index contributed by atoms with van der Waals surface area (Å²) in [4.78, 5) is 12.3. The van der Waals surface area contributed by atoms with Crippen LogP contribution in [0.2, 0.25) is 10.0 Å². The van der Waals surface area contributed by atoms with E-state index >= 15 is 0 Å². The zero-order valence-electron chi connectivity index (χ0n) is 10.9. The van der Waals surface area contributed by atoms with E-state index in [1.807, 2.05) is 13.8 Å². The molecule has 0 atom stereocenters. The van der Waals surface area contributed by atoms with Crippen molar-refractivity contribution < 1.29 is 9.18 Å². The zero-order valence-corrected chi connectivity index (χ0v) is 12.4. The number of carbonyl (C=O) groups excluding carboxylic acids is 1. The van der Waals surface area contributed by atoms with Crippen molar-refractivity contribution in [1.82, 2.24) is 0 Å². The number of halogens is 3. The molecule has 1 aromatic carbocycles. The lowest BCUT2D eigenvalue weighted by Crippen LogP contribution is -2.41.